The van der Waals surface area contributed by atoms with E-state index in [9.17, 15) is 0 Å². The van der Waals surface area contributed by atoms with Crippen LogP contribution in [0, 0.1) is 0 Å². The Bertz CT molecular complexity index is 1280. The number of imidazole rings is 1. The third-order valence-electron chi connectivity index (χ3n) is 7.70. The van der Waals surface area contributed by atoms with Crippen molar-refractivity contribution in [3.05, 3.63) is 84.4 Å². The van der Waals surface area contributed by atoms with E-state index in [1.807, 2.05) is 6.08 Å². The number of aromatic amines is 1. The lowest BCUT2D eigenvalue weighted by atomic mass is 10.0. The normalized spacial score (nSPS) is 15.7. The Labute approximate surface area is 225 Å². The van der Waals surface area contributed by atoms with Gasteiger partial charge in [-0.2, -0.15) is 0 Å². The molecule has 0 aliphatic carbocycles. The van der Waals surface area contributed by atoms with Gasteiger partial charge in [0.1, 0.15) is 5.82 Å². The summed E-state index contributed by atoms with van der Waals surface area (Å²) in [5.74, 6) is 0.884. The second-order valence-corrected chi connectivity index (χ2v) is 10.3. The number of nitrogens with one attached hydrogen (secondary N) is 1. The van der Waals surface area contributed by atoms with Gasteiger partial charge in [-0.25, -0.2) is 4.98 Å². The van der Waals surface area contributed by atoms with Gasteiger partial charge in [0.2, 0.25) is 0 Å². The van der Waals surface area contributed by atoms with Crippen LogP contribution in [-0.2, 0) is 4.74 Å². The topological polar surface area (TPSA) is 44.4 Å². The fourth-order valence-corrected chi connectivity index (χ4v) is 5.58. The minimum atomic E-state index is 0.611. The van der Waals surface area contributed by atoms with E-state index in [0.29, 0.717) is 6.61 Å². The SMILES string of the molecule is COC/C=C/c1ccc(-c2nc(-c3ccc(N4CCCC4)cc3)c(-c3ccc(N4CCCC4)cc3)[nH]2)cc1. The highest BCUT2D eigenvalue weighted by molar-refractivity contribution is 5.82. The standard InChI is InChI=1S/C33H36N4O/c1-38-24-6-7-25-8-10-28(11-9-25)33-34-31(26-12-16-29(17-13-26)36-20-2-3-21-36)32(35-33)27-14-18-30(19-15-27)37-22-4-5-23-37/h6-19H,2-5,20-24H2,1H3,(H,34,35)/b7-6+. The lowest BCUT2D eigenvalue weighted by Crippen LogP contribution is -2.17. The largest absolute Gasteiger partial charge is 0.381 e. The van der Waals surface area contributed by atoms with Gasteiger partial charge in [0.05, 0.1) is 18.0 Å². The van der Waals surface area contributed by atoms with Crippen LogP contribution in [0.25, 0.3) is 40.0 Å². The van der Waals surface area contributed by atoms with Gasteiger partial charge in [0, 0.05) is 61.4 Å². The van der Waals surface area contributed by atoms with Gasteiger partial charge in [-0.15, -0.1) is 0 Å². The van der Waals surface area contributed by atoms with Gasteiger partial charge in [0.25, 0.3) is 0 Å². The molecule has 1 aromatic heterocycles. The number of benzene rings is 3. The molecule has 3 aromatic carbocycles. The number of rotatable bonds is 8. The maximum Gasteiger partial charge on any atom is 0.138 e. The van der Waals surface area contributed by atoms with Gasteiger partial charge in [0.15, 0.2) is 0 Å². The summed E-state index contributed by atoms with van der Waals surface area (Å²) in [6, 6.07) is 26.4. The summed E-state index contributed by atoms with van der Waals surface area (Å²) in [6.45, 7) is 5.21. The van der Waals surface area contributed by atoms with Crippen molar-refractivity contribution in [2.45, 2.75) is 25.7 Å². The summed E-state index contributed by atoms with van der Waals surface area (Å²) in [5, 5.41) is 0. The molecular formula is C33H36N4O. The molecule has 0 unspecified atom stereocenters. The van der Waals surface area contributed by atoms with Crippen LogP contribution in [-0.4, -0.2) is 49.9 Å². The van der Waals surface area contributed by atoms with E-state index in [0.717, 1.165) is 65.6 Å². The molecule has 6 rings (SSSR count). The first kappa shape index (κ1) is 24.5. The van der Waals surface area contributed by atoms with E-state index >= 15 is 0 Å². The number of aromatic nitrogens is 2. The summed E-state index contributed by atoms with van der Waals surface area (Å²) < 4.78 is 5.12. The Morgan fingerprint density at radius 2 is 1.24 bits per heavy atom. The van der Waals surface area contributed by atoms with Crippen molar-refractivity contribution in [2.24, 2.45) is 0 Å². The van der Waals surface area contributed by atoms with Crippen LogP contribution >= 0.6 is 0 Å². The maximum absolute atomic E-state index is 5.14. The highest BCUT2D eigenvalue weighted by Gasteiger charge is 2.18. The predicted molar refractivity (Wildman–Crippen MR) is 159 cm³/mol. The fourth-order valence-electron chi connectivity index (χ4n) is 5.58. The first-order valence-electron chi connectivity index (χ1n) is 13.9. The second-order valence-electron chi connectivity index (χ2n) is 10.3. The minimum absolute atomic E-state index is 0.611. The van der Waals surface area contributed by atoms with Gasteiger partial charge in [-0.1, -0.05) is 60.7 Å². The van der Waals surface area contributed by atoms with Crippen molar-refractivity contribution < 1.29 is 4.74 Å². The maximum atomic E-state index is 5.14. The minimum Gasteiger partial charge on any atom is -0.381 e. The second kappa shape index (κ2) is 11.3. The number of hydrogen-bond acceptors (Lipinski definition) is 4. The van der Waals surface area contributed by atoms with Gasteiger partial charge in [-0.3, -0.25) is 0 Å². The average molecular weight is 505 g/mol. The number of H-pyrrole nitrogens is 1. The van der Waals surface area contributed by atoms with E-state index in [2.05, 4.69) is 93.7 Å². The highest BCUT2D eigenvalue weighted by atomic mass is 16.5. The van der Waals surface area contributed by atoms with Gasteiger partial charge < -0.3 is 19.5 Å². The van der Waals surface area contributed by atoms with Crippen molar-refractivity contribution in [2.75, 3.05) is 49.7 Å². The van der Waals surface area contributed by atoms with Crippen LogP contribution in [0.15, 0.2) is 78.9 Å². The van der Waals surface area contributed by atoms with Crippen LogP contribution < -0.4 is 9.80 Å². The number of nitrogens with zero attached hydrogens (tertiary/aromatic N) is 3. The molecule has 2 aliphatic heterocycles. The molecule has 0 amide bonds. The summed E-state index contributed by atoms with van der Waals surface area (Å²) in [4.78, 5) is 13.8. The Morgan fingerprint density at radius 3 is 1.79 bits per heavy atom. The molecule has 0 atom stereocenters. The third kappa shape index (κ3) is 5.25. The van der Waals surface area contributed by atoms with Crippen LogP contribution in [0.2, 0.25) is 0 Å². The summed E-state index contributed by atoms with van der Waals surface area (Å²) >= 11 is 0. The zero-order valence-electron chi connectivity index (χ0n) is 22.2. The first-order valence-corrected chi connectivity index (χ1v) is 13.9. The van der Waals surface area contributed by atoms with E-state index in [1.54, 1.807) is 7.11 Å². The molecule has 0 spiro atoms. The van der Waals surface area contributed by atoms with Gasteiger partial charge in [-0.05, 0) is 55.5 Å². The number of anilines is 2. The zero-order chi connectivity index (χ0) is 25.7. The Balaban J connectivity index is 1.34. The molecule has 38 heavy (non-hydrogen) atoms. The molecule has 3 heterocycles. The van der Waals surface area contributed by atoms with Crippen LogP contribution in [0.4, 0.5) is 11.4 Å². The third-order valence-corrected chi connectivity index (χ3v) is 7.70. The van der Waals surface area contributed by atoms with E-state index in [-0.39, 0.29) is 0 Å². The number of hydrogen-bond donors (Lipinski definition) is 1. The van der Waals surface area contributed by atoms with Crippen molar-refractivity contribution in [1.29, 1.82) is 0 Å². The van der Waals surface area contributed by atoms with E-state index < -0.39 is 0 Å². The summed E-state index contributed by atoms with van der Waals surface area (Å²) in [5.41, 5.74) is 9.17. The van der Waals surface area contributed by atoms with Crippen molar-refractivity contribution in [1.82, 2.24) is 9.97 Å². The van der Waals surface area contributed by atoms with Gasteiger partial charge >= 0.3 is 0 Å². The molecule has 0 radical (unpaired) electrons. The van der Waals surface area contributed by atoms with Crippen LogP contribution in [0.1, 0.15) is 31.2 Å². The lowest BCUT2D eigenvalue weighted by molar-refractivity contribution is 0.234. The molecule has 0 bridgehead atoms. The van der Waals surface area contributed by atoms with E-state index in [4.69, 9.17) is 9.72 Å². The number of ether oxygens (including phenoxy) is 1. The molecule has 2 aliphatic rings. The van der Waals surface area contributed by atoms with Crippen molar-refractivity contribution in [3.63, 3.8) is 0 Å². The molecule has 2 saturated heterocycles. The highest BCUT2D eigenvalue weighted by Crippen LogP contribution is 2.35. The molecule has 5 nitrogen and oxygen atoms in total. The molecule has 4 aromatic rings. The molecule has 5 heteroatoms. The van der Waals surface area contributed by atoms with Crippen molar-refractivity contribution >= 4 is 17.5 Å². The number of methoxy groups -OCH3 is 1. The summed E-state index contributed by atoms with van der Waals surface area (Å²) in [7, 11) is 1.71. The Morgan fingerprint density at radius 1 is 0.711 bits per heavy atom. The van der Waals surface area contributed by atoms with E-state index in [1.165, 1.54) is 37.1 Å². The molecule has 1 N–H and O–H groups in total. The van der Waals surface area contributed by atoms with Crippen LogP contribution in [0.3, 0.4) is 0 Å². The fraction of sp³-hybridized carbons (Fsp3) is 0.303. The Hall–Kier alpha value is -3.83. The van der Waals surface area contributed by atoms with Crippen molar-refractivity contribution in [3.8, 4) is 33.9 Å². The predicted octanol–water partition coefficient (Wildman–Crippen LogP) is 7.27. The monoisotopic (exact) mass is 504 g/mol. The average Bonchev–Trinajstić information content (AvgIpc) is 3.76. The Kier molecular flexibility index (Phi) is 7.27. The molecule has 2 fully saturated rings. The zero-order valence-corrected chi connectivity index (χ0v) is 22.2. The van der Waals surface area contributed by atoms with Crippen LogP contribution in [0.5, 0.6) is 0 Å². The molecule has 194 valence electrons. The quantitative estimate of drug-likeness (QED) is 0.274. The summed E-state index contributed by atoms with van der Waals surface area (Å²) in [6.07, 6.45) is 9.23. The molecule has 0 saturated carbocycles. The smallest absolute Gasteiger partial charge is 0.138 e. The first-order chi connectivity index (χ1) is 18.8. The lowest BCUT2D eigenvalue weighted by Gasteiger charge is -2.18. The molecular weight excluding hydrogens is 468 g/mol.